The van der Waals surface area contributed by atoms with E-state index < -0.39 is 8.32 Å². The van der Waals surface area contributed by atoms with E-state index in [9.17, 15) is 5.11 Å². The minimum Gasteiger partial charge on any atom is -0.475 e. The van der Waals surface area contributed by atoms with E-state index in [4.69, 9.17) is 9.16 Å². The Morgan fingerprint density at radius 3 is 2.14 bits per heavy atom. The predicted octanol–water partition coefficient (Wildman–Crippen LogP) is 5.61. The van der Waals surface area contributed by atoms with Gasteiger partial charge in [0.05, 0.1) is 18.9 Å². The fourth-order valence-corrected chi connectivity index (χ4v) is 10.5. The van der Waals surface area contributed by atoms with Crippen LogP contribution in [0.2, 0.25) is 5.04 Å². The van der Waals surface area contributed by atoms with E-state index in [0.29, 0.717) is 19.1 Å². The molecule has 5 nitrogen and oxygen atoms in total. The van der Waals surface area contributed by atoms with Crippen molar-refractivity contribution in [3.63, 3.8) is 0 Å². The molecule has 0 fully saturated rings. The molecule has 0 radical (unpaired) electrons. The molecule has 2 aromatic heterocycles. The van der Waals surface area contributed by atoms with Crippen molar-refractivity contribution in [2.45, 2.75) is 52.2 Å². The Balaban J connectivity index is 1.52. The SMILES string of the molecule is CCCc1sc(-c2ccnc(OCCO[Si](c3ccccc3)(c3ccccc3)C(C)(C)C)c2)nc1CO. The van der Waals surface area contributed by atoms with Gasteiger partial charge in [-0.25, -0.2) is 9.97 Å². The van der Waals surface area contributed by atoms with Crippen LogP contribution in [0.25, 0.3) is 10.6 Å². The third kappa shape index (κ3) is 6.01. The molecule has 0 saturated heterocycles. The molecule has 1 N–H and O–H groups in total. The summed E-state index contributed by atoms with van der Waals surface area (Å²) < 4.78 is 13.0. The maximum atomic E-state index is 9.69. The van der Waals surface area contributed by atoms with E-state index in [1.165, 1.54) is 10.4 Å². The predicted molar refractivity (Wildman–Crippen MR) is 154 cm³/mol. The van der Waals surface area contributed by atoms with Crippen molar-refractivity contribution in [1.29, 1.82) is 0 Å². The Morgan fingerprint density at radius 2 is 1.57 bits per heavy atom. The molecule has 4 rings (SSSR count). The Labute approximate surface area is 225 Å². The summed E-state index contributed by atoms with van der Waals surface area (Å²) in [4.78, 5) is 10.2. The minimum atomic E-state index is -2.60. The second-order valence-corrected chi connectivity index (χ2v) is 15.4. The number of aliphatic hydroxyl groups excluding tert-OH is 1. The van der Waals surface area contributed by atoms with Crippen LogP contribution >= 0.6 is 11.3 Å². The summed E-state index contributed by atoms with van der Waals surface area (Å²) in [6.07, 6.45) is 3.68. The Bertz CT molecular complexity index is 1230. The molecule has 2 aromatic carbocycles. The summed E-state index contributed by atoms with van der Waals surface area (Å²) in [5.74, 6) is 0.543. The Hall–Kier alpha value is -2.84. The van der Waals surface area contributed by atoms with Crippen LogP contribution in [0.1, 0.15) is 44.7 Å². The second kappa shape index (κ2) is 12.1. The zero-order valence-corrected chi connectivity index (χ0v) is 23.9. The average Bonchev–Trinajstić information content (AvgIpc) is 3.32. The van der Waals surface area contributed by atoms with Gasteiger partial charge in [-0.2, -0.15) is 0 Å². The molecule has 7 heteroatoms. The van der Waals surface area contributed by atoms with Crippen molar-refractivity contribution in [3.05, 3.63) is 89.6 Å². The van der Waals surface area contributed by atoms with E-state index in [-0.39, 0.29) is 11.6 Å². The Morgan fingerprint density at radius 1 is 0.919 bits per heavy atom. The molecule has 0 bridgehead atoms. The summed E-state index contributed by atoms with van der Waals surface area (Å²) in [5.41, 5.74) is 1.71. The lowest BCUT2D eigenvalue weighted by Gasteiger charge is -2.43. The lowest BCUT2D eigenvalue weighted by molar-refractivity contribution is 0.203. The van der Waals surface area contributed by atoms with Gasteiger partial charge in [0, 0.05) is 22.7 Å². The minimum absolute atomic E-state index is 0.0418. The third-order valence-electron chi connectivity index (χ3n) is 6.46. The van der Waals surface area contributed by atoms with Crippen molar-refractivity contribution >= 4 is 30.0 Å². The van der Waals surface area contributed by atoms with Gasteiger partial charge in [-0.05, 0) is 27.9 Å². The molecule has 0 spiro atoms. The standard InChI is InChI=1S/C30H36N2O3SSi/c1-5-12-27-26(22-33)32-29(36-27)23-17-18-31-28(21-23)34-19-20-35-37(30(2,3)4,24-13-8-6-9-14-24)25-15-10-7-11-16-25/h6-11,13-18,21,33H,5,12,19-20,22H2,1-4H3. The molecular weight excluding hydrogens is 496 g/mol. The van der Waals surface area contributed by atoms with Gasteiger partial charge in [-0.15, -0.1) is 11.3 Å². The fraction of sp³-hybridized carbons (Fsp3) is 0.333. The maximum Gasteiger partial charge on any atom is 0.261 e. The molecule has 0 aliphatic heterocycles. The number of ether oxygens (including phenoxy) is 1. The number of aromatic nitrogens is 2. The first kappa shape index (κ1) is 27.2. The summed E-state index contributed by atoms with van der Waals surface area (Å²) >= 11 is 1.63. The summed E-state index contributed by atoms with van der Waals surface area (Å²) in [5, 5.41) is 13.0. The highest BCUT2D eigenvalue weighted by Gasteiger charge is 2.50. The molecule has 0 unspecified atom stereocenters. The number of hydrogen-bond donors (Lipinski definition) is 1. The zero-order chi connectivity index (χ0) is 26.3. The van der Waals surface area contributed by atoms with Crippen LogP contribution < -0.4 is 15.1 Å². The van der Waals surface area contributed by atoms with Crippen molar-refractivity contribution < 1.29 is 14.3 Å². The topological polar surface area (TPSA) is 64.5 Å². The van der Waals surface area contributed by atoms with Gasteiger partial charge < -0.3 is 14.3 Å². The third-order valence-corrected chi connectivity index (χ3v) is 12.7. The van der Waals surface area contributed by atoms with Crippen LogP contribution in [0.4, 0.5) is 0 Å². The Kier molecular flexibility index (Phi) is 8.92. The molecule has 4 aromatic rings. The number of hydrogen-bond acceptors (Lipinski definition) is 6. The van der Waals surface area contributed by atoms with E-state index in [2.05, 4.69) is 98.3 Å². The number of pyridine rings is 1. The van der Waals surface area contributed by atoms with Crippen molar-refractivity contribution in [1.82, 2.24) is 9.97 Å². The van der Waals surface area contributed by atoms with Crippen molar-refractivity contribution in [3.8, 4) is 16.5 Å². The van der Waals surface area contributed by atoms with Crippen molar-refractivity contribution in [2.24, 2.45) is 0 Å². The van der Waals surface area contributed by atoms with Crippen LogP contribution in [0.5, 0.6) is 5.88 Å². The molecule has 0 aliphatic carbocycles. The molecular formula is C30H36N2O3SSi. The van der Waals surface area contributed by atoms with Crippen LogP contribution in [0.3, 0.4) is 0 Å². The lowest BCUT2D eigenvalue weighted by Crippen LogP contribution is -2.66. The number of aryl methyl sites for hydroxylation is 1. The van der Waals surface area contributed by atoms with Gasteiger partial charge >= 0.3 is 0 Å². The summed E-state index contributed by atoms with van der Waals surface area (Å²) in [6, 6.07) is 25.1. The van der Waals surface area contributed by atoms with Crippen molar-refractivity contribution in [2.75, 3.05) is 13.2 Å². The quantitative estimate of drug-likeness (QED) is 0.201. The normalized spacial score (nSPS) is 12.0. The van der Waals surface area contributed by atoms with E-state index in [1.807, 2.05) is 12.1 Å². The van der Waals surface area contributed by atoms with Gasteiger partial charge in [0.2, 0.25) is 5.88 Å². The van der Waals surface area contributed by atoms with E-state index in [1.54, 1.807) is 17.5 Å². The first-order valence-electron chi connectivity index (χ1n) is 12.8. The largest absolute Gasteiger partial charge is 0.475 e. The van der Waals surface area contributed by atoms with E-state index >= 15 is 0 Å². The van der Waals surface area contributed by atoms with E-state index in [0.717, 1.165) is 34.0 Å². The van der Waals surface area contributed by atoms with Gasteiger partial charge in [-0.1, -0.05) is 94.8 Å². The molecule has 194 valence electrons. The smallest absolute Gasteiger partial charge is 0.261 e. The number of thiazole rings is 1. The van der Waals surface area contributed by atoms with Gasteiger partial charge in [-0.3, -0.25) is 0 Å². The van der Waals surface area contributed by atoms with Gasteiger partial charge in [0.1, 0.15) is 11.6 Å². The number of nitrogens with zero attached hydrogens (tertiary/aromatic N) is 2. The highest BCUT2D eigenvalue weighted by molar-refractivity contribution is 7.15. The number of benzene rings is 2. The fourth-order valence-electron chi connectivity index (χ4n) is 4.78. The van der Waals surface area contributed by atoms with Crippen LogP contribution in [-0.2, 0) is 17.5 Å². The second-order valence-electron chi connectivity index (χ2n) is 10.0. The van der Waals surface area contributed by atoms with Crippen LogP contribution in [-0.4, -0.2) is 36.6 Å². The van der Waals surface area contributed by atoms with Gasteiger partial charge in [0.15, 0.2) is 0 Å². The van der Waals surface area contributed by atoms with Crippen LogP contribution in [0.15, 0.2) is 79.0 Å². The van der Waals surface area contributed by atoms with Crippen LogP contribution in [0, 0.1) is 0 Å². The van der Waals surface area contributed by atoms with Gasteiger partial charge in [0.25, 0.3) is 8.32 Å². The monoisotopic (exact) mass is 532 g/mol. The molecule has 2 heterocycles. The zero-order valence-electron chi connectivity index (χ0n) is 22.1. The molecule has 0 amide bonds. The highest BCUT2D eigenvalue weighted by Crippen LogP contribution is 2.36. The molecule has 0 aliphatic rings. The highest BCUT2D eigenvalue weighted by atomic mass is 32.1. The number of rotatable bonds is 11. The summed E-state index contributed by atoms with van der Waals surface area (Å²) in [6.45, 7) is 9.74. The average molecular weight is 533 g/mol. The number of aliphatic hydroxyl groups is 1. The molecule has 0 atom stereocenters. The first-order valence-corrected chi connectivity index (χ1v) is 15.5. The maximum absolute atomic E-state index is 9.69. The molecule has 0 saturated carbocycles. The molecule has 37 heavy (non-hydrogen) atoms. The summed E-state index contributed by atoms with van der Waals surface area (Å²) in [7, 11) is -2.60. The lowest BCUT2D eigenvalue weighted by atomic mass is 10.2. The first-order chi connectivity index (χ1) is 17.9.